The van der Waals surface area contributed by atoms with Crippen molar-refractivity contribution in [1.29, 1.82) is 0 Å². The first-order valence-electron chi connectivity index (χ1n) is 11.0. The van der Waals surface area contributed by atoms with Crippen LogP contribution >= 0.6 is 23.2 Å². The number of nitrogens with one attached hydrogen (secondary N) is 1. The van der Waals surface area contributed by atoms with Crippen LogP contribution < -0.4 is 5.32 Å². The molecule has 0 saturated heterocycles. The van der Waals surface area contributed by atoms with Crippen molar-refractivity contribution in [2.24, 2.45) is 10.6 Å². The number of hydrogen-bond donors (Lipinski definition) is 1. The highest BCUT2D eigenvalue weighted by atomic mass is 35.5. The minimum Gasteiger partial charge on any atom is -0.465 e. The summed E-state index contributed by atoms with van der Waals surface area (Å²) in [5.41, 5.74) is -3.62. The number of benzene rings is 2. The predicted octanol–water partition coefficient (Wildman–Crippen LogP) is 6.24. The van der Waals surface area contributed by atoms with Crippen LogP contribution in [0.4, 0.5) is 13.2 Å². The van der Waals surface area contributed by atoms with E-state index in [-0.39, 0.29) is 32.4 Å². The van der Waals surface area contributed by atoms with Crippen LogP contribution in [0.15, 0.2) is 71.9 Å². The quantitative estimate of drug-likeness (QED) is 0.445. The standard InChI is InChI=1S/C26H21Cl2F3N2O4/c1-24(21-14-25(37-33-21,26(29,30)31)17-11-18(27)13-19(28)12-17)10-4-3-5-20(24)32-22(34)15-6-8-16(9-7-15)23(35)36-2/h3-13,20H,14H2,1-2H3,(H,32,34). The Morgan fingerprint density at radius 2 is 1.70 bits per heavy atom. The van der Waals surface area contributed by atoms with E-state index in [1.807, 2.05) is 0 Å². The molecule has 37 heavy (non-hydrogen) atoms. The van der Waals surface area contributed by atoms with Gasteiger partial charge in [-0.25, -0.2) is 4.79 Å². The van der Waals surface area contributed by atoms with Crippen molar-refractivity contribution >= 4 is 40.8 Å². The number of halogens is 5. The first kappa shape index (κ1) is 26.8. The van der Waals surface area contributed by atoms with Crippen molar-refractivity contribution in [2.45, 2.75) is 31.2 Å². The Morgan fingerprint density at radius 3 is 2.30 bits per heavy atom. The van der Waals surface area contributed by atoms with E-state index in [0.717, 1.165) is 12.1 Å². The molecule has 6 nitrogen and oxygen atoms in total. The topological polar surface area (TPSA) is 77.0 Å². The SMILES string of the molecule is COC(=O)c1ccc(C(=O)NC2C=CC=CC2(C)C2=NOC(c3cc(Cl)cc(Cl)c3)(C(F)(F)F)C2)cc1. The monoisotopic (exact) mass is 552 g/mol. The van der Waals surface area contributed by atoms with Crippen LogP contribution in [0, 0.1) is 5.41 Å². The zero-order chi connectivity index (χ0) is 27.0. The van der Waals surface area contributed by atoms with Gasteiger partial charge in [0, 0.05) is 27.6 Å². The molecule has 1 aliphatic heterocycles. The Morgan fingerprint density at radius 1 is 1.08 bits per heavy atom. The van der Waals surface area contributed by atoms with Crippen molar-refractivity contribution in [1.82, 2.24) is 5.32 Å². The fraction of sp³-hybridized carbons (Fsp3) is 0.269. The maximum atomic E-state index is 14.5. The fourth-order valence-corrected chi connectivity index (χ4v) is 4.81. The molecule has 3 atom stereocenters. The highest BCUT2D eigenvalue weighted by molar-refractivity contribution is 6.34. The number of esters is 1. The molecule has 194 valence electrons. The Balaban J connectivity index is 1.61. The summed E-state index contributed by atoms with van der Waals surface area (Å²) in [6.07, 6.45) is 1.18. The van der Waals surface area contributed by atoms with E-state index in [1.54, 1.807) is 31.2 Å². The highest BCUT2D eigenvalue weighted by Gasteiger charge is 2.64. The van der Waals surface area contributed by atoms with Crippen LogP contribution in [0.3, 0.4) is 0 Å². The van der Waals surface area contributed by atoms with E-state index < -0.39 is 41.5 Å². The van der Waals surface area contributed by atoms with Crippen LogP contribution in [0.2, 0.25) is 10.0 Å². The second kappa shape index (κ2) is 9.87. The Hall–Kier alpha value is -3.30. The molecular weight excluding hydrogens is 532 g/mol. The van der Waals surface area contributed by atoms with E-state index >= 15 is 0 Å². The normalized spacial score (nSPS) is 24.8. The minimum atomic E-state index is -4.85. The summed E-state index contributed by atoms with van der Waals surface area (Å²) in [6.45, 7) is 1.66. The van der Waals surface area contributed by atoms with Gasteiger partial charge < -0.3 is 14.9 Å². The lowest BCUT2D eigenvalue weighted by Gasteiger charge is -2.36. The van der Waals surface area contributed by atoms with Gasteiger partial charge in [-0.15, -0.1) is 0 Å². The summed E-state index contributed by atoms with van der Waals surface area (Å²) < 4.78 is 48.0. The Kier molecular flexibility index (Phi) is 7.14. The Bertz CT molecular complexity index is 1300. The zero-order valence-electron chi connectivity index (χ0n) is 19.6. The molecule has 0 radical (unpaired) electrons. The van der Waals surface area contributed by atoms with Gasteiger partial charge >= 0.3 is 12.1 Å². The molecule has 2 aromatic rings. The molecule has 1 heterocycles. The van der Waals surface area contributed by atoms with Crippen molar-refractivity contribution in [3.63, 3.8) is 0 Å². The molecule has 0 saturated carbocycles. The lowest BCUT2D eigenvalue weighted by molar-refractivity contribution is -0.275. The molecule has 0 fully saturated rings. The largest absolute Gasteiger partial charge is 0.465 e. The van der Waals surface area contributed by atoms with E-state index in [2.05, 4.69) is 15.2 Å². The third-order valence-electron chi connectivity index (χ3n) is 6.49. The second-order valence-electron chi connectivity index (χ2n) is 8.84. The lowest BCUT2D eigenvalue weighted by Crippen LogP contribution is -2.50. The van der Waals surface area contributed by atoms with Gasteiger partial charge in [-0.2, -0.15) is 13.2 Å². The number of carbonyl (C=O) groups excluding carboxylic acids is 2. The average molecular weight is 553 g/mol. The first-order valence-corrected chi connectivity index (χ1v) is 11.8. The number of amides is 1. The first-order chi connectivity index (χ1) is 17.4. The van der Waals surface area contributed by atoms with Gasteiger partial charge in [0.2, 0.25) is 0 Å². The average Bonchev–Trinajstić information content (AvgIpc) is 3.33. The second-order valence-corrected chi connectivity index (χ2v) is 9.71. The van der Waals surface area contributed by atoms with Crippen molar-refractivity contribution in [3.8, 4) is 0 Å². The van der Waals surface area contributed by atoms with Crippen LogP contribution in [0.5, 0.6) is 0 Å². The van der Waals surface area contributed by atoms with Gasteiger partial charge in [-0.05, 0) is 49.4 Å². The molecule has 1 aliphatic carbocycles. The molecule has 2 aromatic carbocycles. The van der Waals surface area contributed by atoms with Gasteiger partial charge in [0.25, 0.3) is 11.5 Å². The molecule has 3 unspecified atom stereocenters. The van der Waals surface area contributed by atoms with E-state index in [0.29, 0.717) is 0 Å². The van der Waals surface area contributed by atoms with Gasteiger partial charge in [-0.1, -0.05) is 52.7 Å². The number of methoxy groups -OCH3 is 1. The number of oxime groups is 1. The summed E-state index contributed by atoms with van der Waals surface area (Å²) >= 11 is 12.0. The maximum absolute atomic E-state index is 14.5. The summed E-state index contributed by atoms with van der Waals surface area (Å²) in [4.78, 5) is 29.8. The molecule has 4 rings (SSSR count). The van der Waals surface area contributed by atoms with Crippen molar-refractivity contribution in [2.75, 3.05) is 7.11 Å². The number of alkyl halides is 3. The molecule has 11 heteroatoms. The Labute approximate surface area is 220 Å². The van der Waals surface area contributed by atoms with Gasteiger partial charge in [-0.3, -0.25) is 4.79 Å². The maximum Gasteiger partial charge on any atom is 0.435 e. The van der Waals surface area contributed by atoms with Crippen molar-refractivity contribution < 1.29 is 32.3 Å². The zero-order valence-corrected chi connectivity index (χ0v) is 21.1. The molecular formula is C26H21Cl2F3N2O4. The van der Waals surface area contributed by atoms with Gasteiger partial charge in [0.05, 0.1) is 29.8 Å². The summed E-state index contributed by atoms with van der Waals surface area (Å²) in [5.74, 6) is -1.04. The summed E-state index contributed by atoms with van der Waals surface area (Å²) in [6, 6.07) is 8.67. The fourth-order valence-electron chi connectivity index (χ4n) is 4.29. The van der Waals surface area contributed by atoms with Crippen LogP contribution in [0.1, 0.15) is 39.6 Å². The summed E-state index contributed by atoms with van der Waals surface area (Å²) in [5, 5.41) is 6.77. The van der Waals surface area contributed by atoms with Crippen molar-refractivity contribution in [3.05, 3.63) is 93.5 Å². The van der Waals surface area contributed by atoms with Gasteiger partial charge in [0.15, 0.2) is 0 Å². The molecule has 0 bridgehead atoms. The van der Waals surface area contributed by atoms with Gasteiger partial charge in [0.1, 0.15) is 0 Å². The highest BCUT2D eigenvalue weighted by Crippen LogP contribution is 2.51. The number of nitrogens with zero attached hydrogens (tertiary/aromatic N) is 1. The number of ether oxygens (including phenoxy) is 1. The molecule has 1 N–H and O–H groups in total. The summed E-state index contributed by atoms with van der Waals surface area (Å²) in [7, 11) is 1.25. The number of rotatable bonds is 5. The minimum absolute atomic E-state index is 0.0261. The number of carbonyl (C=O) groups is 2. The number of hydrogen-bond acceptors (Lipinski definition) is 5. The lowest BCUT2D eigenvalue weighted by atomic mass is 9.71. The predicted molar refractivity (Wildman–Crippen MR) is 133 cm³/mol. The van der Waals surface area contributed by atoms with E-state index in [4.69, 9.17) is 28.0 Å². The third-order valence-corrected chi connectivity index (χ3v) is 6.93. The molecule has 0 aromatic heterocycles. The molecule has 1 amide bonds. The molecule has 0 spiro atoms. The van der Waals surface area contributed by atoms with Crippen LogP contribution in [0.25, 0.3) is 0 Å². The van der Waals surface area contributed by atoms with E-state index in [9.17, 15) is 22.8 Å². The van der Waals surface area contributed by atoms with Crippen LogP contribution in [-0.2, 0) is 15.2 Å². The number of allylic oxidation sites excluding steroid dienone is 2. The van der Waals surface area contributed by atoms with E-state index in [1.165, 1.54) is 37.4 Å². The molecule has 2 aliphatic rings. The smallest absolute Gasteiger partial charge is 0.435 e. The third kappa shape index (κ3) is 4.98. The van der Waals surface area contributed by atoms with Crippen LogP contribution in [-0.4, -0.2) is 36.9 Å².